The average Bonchev–Trinajstić information content (AvgIpc) is 2.28. The molecule has 6 heteroatoms. The molecule has 18 heavy (non-hydrogen) atoms. The first-order chi connectivity index (χ1) is 8.56. The van der Waals surface area contributed by atoms with Gasteiger partial charge in [-0.25, -0.2) is 4.79 Å². The standard InChI is InChI=1S/C12H22N2O4/c1-4-18-10-5-9(6-10)13-7-11(12(16)17-3)14-8(2)15/h9-11,13H,4-7H2,1-3H3,(H,14,15). The summed E-state index contributed by atoms with van der Waals surface area (Å²) in [5.74, 6) is -0.675. The highest BCUT2D eigenvalue weighted by atomic mass is 16.5. The number of rotatable bonds is 7. The van der Waals surface area contributed by atoms with E-state index >= 15 is 0 Å². The molecule has 1 aliphatic carbocycles. The van der Waals surface area contributed by atoms with Gasteiger partial charge in [0.25, 0.3) is 0 Å². The van der Waals surface area contributed by atoms with Crippen molar-refractivity contribution in [3.05, 3.63) is 0 Å². The Bertz CT molecular complexity index is 290. The number of esters is 1. The van der Waals surface area contributed by atoms with Crippen LogP contribution >= 0.6 is 0 Å². The van der Waals surface area contributed by atoms with Crippen LogP contribution in [0.25, 0.3) is 0 Å². The van der Waals surface area contributed by atoms with E-state index in [-0.39, 0.29) is 5.91 Å². The Balaban J connectivity index is 2.26. The fourth-order valence-electron chi connectivity index (χ4n) is 1.97. The van der Waals surface area contributed by atoms with Gasteiger partial charge in [-0.05, 0) is 19.8 Å². The number of hydrogen-bond donors (Lipinski definition) is 2. The maximum atomic E-state index is 11.4. The summed E-state index contributed by atoms with van der Waals surface area (Å²) in [7, 11) is 1.31. The van der Waals surface area contributed by atoms with Crippen molar-refractivity contribution in [2.24, 2.45) is 0 Å². The van der Waals surface area contributed by atoms with Crippen molar-refractivity contribution in [2.75, 3.05) is 20.3 Å². The molecule has 0 bridgehead atoms. The fourth-order valence-corrected chi connectivity index (χ4v) is 1.97. The van der Waals surface area contributed by atoms with E-state index in [4.69, 9.17) is 4.74 Å². The van der Waals surface area contributed by atoms with Gasteiger partial charge in [0, 0.05) is 26.1 Å². The lowest BCUT2D eigenvalue weighted by Crippen LogP contribution is -2.53. The van der Waals surface area contributed by atoms with E-state index in [9.17, 15) is 9.59 Å². The molecular formula is C12H22N2O4. The minimum Gasteiger partial charge on any atom is -0.467 e. The number of methoxy groups -OCH3 is 1. The van der Waals surface area contributed by atoms with Gasteiger partial charge in [0.15, 0.2) is 0 Å². The Hall–Kier alpha value is -1.14. The van der Waals surface area contributed by atoms with Crippen LogP contribution in [0.1, 0.15) is 26.7 Å². The highest BCUT2D eigenvalue weighted by Gasteiger charge is 2.30. The third-order valence-electron chi connectivity index (χ3n) is 2.97. The zero-order valence-corrected chi connectivity index (χ0v) is 11.2. The van der Waals surface area contributed by atoms with Crippen molar-refractivity contribution in [2.45, 2.75) is 44.9 Å². The van der Waals surface area contributed by atoms with Crippen LogP contribution in [0.2, 0.25) is 0 Å². The van der Waals surface area contributed by atoms with Crippen molar-refractivity contribution < 1.29 is 19.1 Å². The Kier molecular flexibility index (Phi) is 6.07. The van der Waals surface area contributed by atoms with Crippen LogP contribution in [0.4, 0.5) is 0 Å². The molecule has 0 aromatic rings. The molecule has 1 atom stereocenters. The molecule has 0 aliphatic heterocycles. The van der Waals surface area contributed by atoms with Gasteiger partial charge < -0.3 is 20.1 Å². The Morgan fingerprint density at radius 1 is 1.39 bits per heavy atom. The first-order valence-corrected chi connectivity index (χ1v) is 6.26. The number of carbonyl (C=O) groups is 2. The molecule has 0 aromatic heterocycles. The second-order valence-electron chi connectivity index (χ2n) is 4.43. The topological polar surface area (TPSA) is 76.7 Å². The highest BCUT2D eigenvalue weighted by Crippen LogP contribution is 2.22. The lowest BCUT2D eigenvalue weighted by molar-refractivity contribution is -0.144. The molecular weight excluding hydrogens is 236 g/mol. The molecule has 0 spiro atoms. The Morgan fingerprint density at radius 2 is 2.06 bits per heavy atom. The number of carbonyl (C=O) groups excluding carboxylic acids is 2. The second-order valence-corrected chi connectivity index (χ2v) is 4.43. The minimum atomic E-state index is -0.626. The number of ether oxygens (including phenoxy) is 2. The molecule has 6 nitrogen and oxygen atoms in total. The van der Waals surface area contributed by atoms with E-state index in [1.54, 1.807) is 0 Å². The third-order valence-corrected chi connectivity index (χ3v) is 2.97. The smallest absolute Gasteiger partial charge is 0.329 e. The van der Waals surface area contributed by atoms with Crippen LogP contribution in [0, 0.1) is 0 Å². The third kappa shape index (κ3) is 4.62. The fraction of sp³-hybridized carbons (Fsp3) is 0.833. The molecule has 1 amide bonds. The monoisotopic (exact) mass is 258 g/mol. The van der Waals surface area contributed by atoms with E-state index in [0.29, 0.717) is 18.7 Å². The molecule has 0 aromatic carbocycles. The summed E-state index contributed by atoms with van der Waals surface area (Å²) in [4.78, 5) is 22.4. The first-order valence-electron chi connectivity index (χ1n) is 6.26. The zero-order valence-electron chi connectivity index (χ0n) is 11.2. The van der Waals surface area contributed by atoms with Crippen LogP contribution in [0.3, 0.4) is 0 Å². The normalized spacial score (nSPS) is 23.9. The molecule has 1 aliphatic rings. The number of nitrogens with one attached hydrogen (secondary N) is 2. The van der Waals surface area contributed by atoms with Crippen molar-refractivity contribution in [3.63, 3.8) is 0 Å². The maximum Gasteiger partial charge on any atom is 0.329 e. The van der Waals surface area contributed by atoms with E-state index in [1.165, 1.54) is 14.0 Å². The number of hydrogen-bond acceptors (Lipinski definition) is 5. The zero-order chi connectivity index (χ0) is 13.5. The van der Waals surface area contributed by atoms with Gasteiger partial charge in [-0.2, -0.15) is 0 Å². The highest BCUT2D eigenvalue weighted by molar-refractivity contribution is 5.83. The van der Waals surface area contributed by atoms with Gasteiger partial charge in [0.05, 0.1) is 13.2 Å². The molecule has 0 heterocycles. The van der Waals surface area contributed by atoms with E-state index < -0.39 is 12.0 Å². The van der Waals surface area contributed by atoms with Crippen LogP contribution in [0.15, 0.2) is 0 Å². The van der Waals surface area contributed by atoms with Gasteiger partial charge >= 0.3 is 5.97 Å². The molecule has 104 valence electrons. The SMILES string of the molecule is CCOC1CC(NCC(NC(C)=O)C(=O)OC)C1. The summed E-state index contributed by atoms with van der Waals surface area (Å²) in [6, 6.07) is -0.277. The molecule has 0 saturated heterocycles. The van der Waals surface area contributed by atoms with E-state index in [1.807, 2.05) is 6.92 Å². The lowest BCUT2D eigenvalue weighted by Gasteiger charge is -2.36. The molecule has 0 radical (unpaired) electrons. The van der Waals surface area contributed by atoms with Crippen molar-refractivity contribution in [1.29, 1.82) is 0 Å². The summed E-state index contributed by atoms with van der Waals surface area (Å²) in [6.07, 6.45) is 2.22. The largest absolute Gasteiger partial charge is 0.467 e. The van der Waals surface area contributed by atoms with Gasteiger partial charge in [-0.3, -0.25) is 4.79 Å². The molecule has 1 rings (SSSR count). The Morgan fingerprint density at radius 3 is 2.56 bits per heavy atom. The molecule has 1 saturated carbocycles. The summed E-state index contributed by atoms with van der Waals surface area (Å²) >= 11 is 0. The van der Waals surface area contributed by atoms with Gasteiger partial charge in [-0.15, -0.1) is 0 Å². The molecule has 1 fully saturated rings. The van der Waals surface area contributed by atoms with E-state index in [2.05, 4.69) is 15.4 Å². The molecule has 2 N–H and O–H groups in total. The summed E-state index contributed by atoms with van der Waals surface area (Å²) in [5.41, 5.74) is 0. The van der Waals surface area contributed by atoms with Gasteiger partial charge in [0.1, 0.15) is 6.04 Å². The maximum absolute atomic E-state index is 11.4. The van der Waals surface area contributed by atoms with Gasteiger partial charge in [0.2, 0.25) is 5.91 Å². The number of amides is 1. The van der Waals surface area contributed by atoms with Crippen molar-refractivity contribution in [1.82, 2.24) is 10.6 Å². The van der Waals surface area contributed by atoms with Crippen LogP contribution < -0.4 is 10.6 Å². The summed E-state index contributed by atoms with van der Waals surface area (Å²) < 4.78 is 10.1. The van der Waals surface area contributed by atoms with Crippen molar-refractivity contribution >= 4 is 11.9 Å². The van der Waals surface area contributed by atoms with Crippen molar-refractivity contribution in [3.8, 4) is 0 Å². The average molecular weight is 258 g/mol. The predicted octanol–water partition coefficient (Wildman–Crippen LogP) is -0.179. The molecule has 1 unspecified atom stereocenters. The second kappa shape index (κ2) is 7.33. The first kappa shape index (κ1) is 14.9. The summed E-state index contributed by atoms with van der Waals surface area (Å²) in [5, 5.41) is 5.80. The van der Waals surface area contributed by atoms with Crippen LogP contribution in [-0.2, 0) is 19.1 Å². The Labute approximate surface area is 107 Å². The van der Waals surface area contributed by atoms with Gasteiger partial charge in [-0.1, -0.05) is 0 Å². The summed E-state index contributed by atoms with van der Waals surface area (Å²) in [6.45, 7) is 4.47. The minimum absolute atomic E-state index is 0.243. The van der Waals surface area contributed by atoms with Crippen LogP contribution in [0.5, 0.6) is 0 Å². The predicted molar refractivity (Wildman–Crippen MR) is 66.1 cm³/mol. The quantitative estimate of drug-likeness (QED) is 0.620. The van der Waals surface area contributed by atoms with E-state index in [0.717, 1.165) is 19.4 Å². The lowest BCUT2D eigenvalue weighted by atomic mass is 9.89. The van der Waals surface area contributed by atoms with Crippen LogP contribution in [-0.4, -0.2) is 50.3 Å².